The van der Waals surface area contributed by atoms with Crippen molar-refractivity contribution in [2.45, 2.75) is 52.5 Å². The number of para-hydroxylation sites is 2. The van der Waals surface area contributed by atoms with Gasteiger partial charge in [-0.25, -0.2) is 4.98 Å². The highest BCUT2D eigenvalue weighted by Crippen LogP contribution is 2.32. The summed E-state index contributed by atoms with van der Waals surface area (Å²) in [5.41, 5.74) is 8.96. The van der Waals surface area contributed by atoms with Crippen molar-refractivity contribution in [1.82, 2.24) is 14.1 Å². The molecular weight excluding hydrogens is 504 g/mol. The van der Waals surface area contributed by atoms with E-state index in [0.29, 0.717) is 36.3 Å². The Kier molecular flexibility index (Phi) is 7.71. The van der Waals surface area contributed by atoms with E-state index in [4.69, 9.17) is 20.2 Å². The fourth-order valence-electron chi connectivity index (χ4n) is 4.77. The second-order valence-corrected chi connectivity index (χ2v) is 10.8. The van der Waals surface area contributed by atoms with Crippen molar-refractivity contribution in [2.75, 3.05) is 6.54 Å². The van der Waals surface area contributed by atoms with Gasteiger partial charge in [-0.3, -0.25) is 14.2 Å². The fourth-order valence-corrected chi connectivity index (χ4v) is 4.77. The van der Waals surface area contributed by atoms with Gasteiger partial charge in [-0.05, 0) is 63.6 Å². The number of aromatic nitrogens is 3. The van der Waals surface area contributed by atoms with Gasteiger partial charge in [0.2, 0.25) is 0 Å². The molecule has 0 saturated carbocycles. The average molecular weight is 539 g/mol. The molecule has 3 aromatic carbocycles. The monoisotopic (exact) mass is 538 g/mol. The normalized spacial score (nSPS) is 11.7. The first-order chi connectivity index (χ1) is 19.2. The minimum atomic E-state index is -0.664. The Bertz CT molecular complexity index is 1710. The Morgan fingerprint density at radius 2 is 1.73 bits per heavy atom. The zero-order valence-corrected chi connectivity index (χ0v) is 23.1. The highest BCUT2D eigenvalue weighted by molar-refractivity contribution is 5.96. The number of nitrogens with zero attached hydrogens (tertiary/aromatic N) is 3. The molecule has 0 bridgehead atoms. The van der Waals surface area contributed by atoms with Gasteiger partial charge in [0.1, 0.15) is 30.2 Å². The molecule has 0 aliphatic heterocycles. The number of carbonyl (C=O) groups is 1. The molecule has 0 spiro atoms. The summed E-state index contributed by atoms with van der Waals surface area (Å²) in [6, 6.07) is 23.2. The SMILES string of the molecule is CC(C)(C)OC(=O)Cn1c(=O)c(-c2cn(CCCN)c3cc(OCc4ccccc4)ccc23)nc2ccccc21. The summed E-state index contributed by atoms with van der Waals surface area (Å²) in [4.78, 5) is 31.5. The number of benzene rings is 3. The highest BCUT2D eigenvalue weighted by Gasteiger charge is 2.22. The van der Waals surface area contributed by atoms with Gasteiger partial charge in [-0.15, -0.1) is 0 Å². The number of hydrogen-bond acceptors (Lipinski definition) is 6. The lowest BCUT2D eigenvalue weighted by atomic mass is 10.1. The van der Waals surface area contributed by atoms with Crippen LogP contribution in [-0.4, -0.2) is 32.2 Å². The summed E-state index contributed by atoms with van der Waals surface area (Å²) in [5, 5.41) is 0.868. The van der Waals surface area contributed by atoms with Crippen molar-refractivity contribution in [1.29, 1.82) is 0 Å². The summed E-state index contributed by atoms with van der Waals surface area (Å²) in [6.07, 6.45) is 2.71. The lowest BCUT2D eigenvalue weighted by Gasteiger charge is -2.20. The first-order valence-corrected chi connectivity index (χ1v) is 13.4. The smallest absolute Gasteiger partial charge is 0.326 e. The number of fused-ring (bicyclic) bond motifs is 2. The van der Waals surface area contributed by atoms with Crippen LogP contribution in [0.3, 0.4) is 0 Å². The Balaban J connectivity index is 1.60. The molecule has 0 saturated heterocycles. The summed E-state index contributed by atoms with van der Waals surface area (Å²) in [7, 11) is 0. The van der Waals surface area contributed by atoms with E-state index < -0.39 is 11.6 Å². The molecule has 2 N–H and O–H groups in total. The molecule has 0 unspecified atom stereocenters. The highest BCUT2D eigenvalue weighted by atomic mass is 16.6. The molecule has 8 nitrogen and oxygen atoms in total. The van der Waals surface area contributed by atoms with Crippen LogP contribution in [0.5, 0.6) is 5.75 Å². The first-order valence-electron chi connectivity index (χ1n) is 13.4. The van der Waals surface area contributed by atoms with E-state index in [-0.39, 0.29) is 17.8 Å². The number of hydrogen-bond donors (Lipinski definition) is 1. The molecule has 0 radical (unpaired) electrons. The Labute approximate surface area is 233 Å². The zero-order valence-electron chi connectivity index (χ0n) is 23.1. The molecule has 40 heavy (non-hydrogen) atoms. The average Bonchev–Trinajstić information content (AvgIpc) is 3.29. The quantitative estimate of drug-likeness (QED) is 0.256. The third-order valence-electron chi connectivity index (χ3n) is 6.52. The van der Waals surface area contributed by atoms with Crippen LogP contribution in [-0.2, 0) is 29.2 Å². The van der Waals surface area contributed by atoms with Crippen LogP contribution in [0.2, 0.25) is 0 Å². The van der Waals surface area contributed by atoms with Crippen molar-refractivity contribution in [3.63, 3.8) is 0 Å². The molecule has 2 heterocycles. The zero-order chi connectivity index (χ0) is 28.3. The van der Waals surface area contributed by atoms with E-state index in [1.807, 2.05) is 72.9 Å². The maximum absolute atomic E-state index is 13.9. The molecule has 0 aliphatic rings. The van der Waals surface area contributed by atoms with Crippen molar-refractivity contribution < 1.29 is 14.3 Å². The first kappa shape index (κ1) is 27.1. The van der Waals surface area contributed by atoms with Crippen LogP contribution in [0.25, 0.3) is 33.2 Å². The molecule has 0 atom stereocenters. The summed E-state index contributed by atoms with van der Waals surface area (Å²) >= 11 is 0. The number of carbonyl (C=O) groups excluding carboxylic acids is 1. The standard InChI is InChI=1S/C32H34N4O4/c1-32(2,3)40-29(37)20-36-27-13-8-7-12-26(27)34-30(31(36)38)25-19-35(17-9-16-33)28-18-23(14-15-24(25)28)39-21-22-10-5-4-6-11-22/h4-8,10-15,18-19H,9,16-17,20-21,33H2,1-3H3. The Hall–Kier alpha value is -4.43. The minimum Gasteiger partial charge on any atom is -0.489 e. The number of rotatable bonds is 9. The molecule has 206 valence electrons. The number of nitrogens with two attached hydrogens (primary N) is 1. The van der Waals surface area contributed by atoms with E-state index in [0.717, 1.165) is 28.6 Å². The lowest BCUT2D eigenvalue weighted by Crippen LogP contribution is -2.31. The third-order valence-corrected chi connectivity index (χ3v) is 6.52. The molecule has 0 aliphatic carbocycles. The molecule has 2 aromatic heterocycles. The Morgan fingerprint density at radius 1 is 0.975 bits per heavy atom. The van der Waals surface area contributed by atoms with Gasteiger partial charge < -0.3 is 19.8 Å². The second-order valence-electron chi connectivity index (χ2n) is 10.8. The summed E-state index contributed by atoms with van der Waals surface area (Å²) in [6.45, 7) is 6.86. The topological polar surface area (TPSA) is 101 Å². The van der Waals surface area contributed by atoms with Crippen LogP contribution in [0.15, 0.2) is 83.8 Å². The third kappa shape index (κ3) is 5.92. The van der Waals surface area contributed by atoms with E-state index in [1.54, 1.807) is 26.8 Å². The van der Waals surface area contributed by atoms with Crippen molar-refractivity contribution in [3.05, 3.63) is 94.9 Å². The maximum atomic E-state index is 13.9. The van der Waals surface area contributed by atoms with Gasteiger partial charge in [0.05, 0.1) is 16.6 Å². The van der Waals surface area contributed by atoms with E-state index in [9.17, 15) is 9.59 Å². The largest absolute Gasteiger partial charge is 0.489 e. The van der Waals surface area contributed by atoms with Crippen LogP contribution in [0, 0.1) is 0 Å². The summed E-state index contributed by atoms with van der Waals surface area (Å²) < 4.78 is 15.2. The fraction of sp³-hybridized carbons (Fsp3) is 0.281. The van der Waals surface area contributed by atoms with Gasteiger partial charge in [0, 0.05) is 29.8 Å². The van der Waals surface area contributed by atoms with E-state index in [2.05, 4.69) is 4.57 Å². The van der Waals surface area contributed by atoms with Crippen LogP contribution >= 0.6 is 0 Å². The van der Waals surface area contributed by atoms with E-state index >= 15 is 0 Å². The maximum Gasteiger partial charge on any atom is 0.326 e. The van der Waals surface area contributed by atoms with Crippen molar-refractivity contribution in [2.24, 2.45) is 5.73 Å². The van der Waals surface area contributed by atoms with E-state index in [1.165, 1.54) is 4.57 Å². The van der Waals surface area contributed by atoms with Gasteiger partial charge in [-0.1, -0.05) is 42.5 Å². The number of esters is 1. The molecule has 8 heteroatoms. The minimum absolute atomic E-state index is 0.213. The Morgan fingerprint density at radius 3 is 2.48 bits per heavy atom. The van der Waals surface area contributed by atoms with Gasteiger partial charge in [0.25, 0.3) is 5.56 Å². The lowest BCUT2D eigenvalue weighted by molar-refractivity contribution is -0.155. The number of aryl methyl sites for hydroxylation is 1. The molecular formula is C32H34N4O4. The molecule has 0 fully saturated rings. The predicted molar refractivity (Wildman–Crippen MR) is 157 cm³/mol. The molecule has 5 rings (SSSR count). The van der Waals surface area contributed by atoms with Crippen LogP contribution in [0.4, 0.5) is 0 Å². The molecule has 5 aromatic rings. The second kappa shape index (κ2) is 11.4. The summed E-state index contributed by atoms with van der Waals surface area (Å²) in [5.74, 6) is 0.242. The predicted octanol–water partition coefficient (Wildman–Crippen LogP) is 5.29. The van der Waals surface area contributed by atoms with Crippen molar-refractivity contribution >= 4 is 27.9 Å². The van der Waals surface area contributed by atoms with Gasteiger partial charge in [0.15, 0.2) is 0 Å². The van der Waals surface area contributed by atoms with Crippen LogP contribution < -0.4 is 16.0 Å². The number of ether oxygens (including phenoxy) is 2. The van der Waals surface area contributed by atoms with Crippen molar-refractivity contribution in [3.8, 4) is 17.0 Å². The molecule has 0 amide bonds. The van der Waals surface area contributed by atoms with Crippen LogP contribution in [0.1, 0.15) is 32.8 Å². The van der Waals surface area contributed by atoms with Gasteiger partial charge in [-0.2, -0.15) is 0 Å². The van der Waals surface area contributed by atoms with Gasteiger partial charge >= 0.3 is 5.97 Å².